The third-order valence-corrected chi connectivity index (χ3v) is 7.75. The van der Waals surface area contributed by atoms with Gasteiger partial charge in [0.2, 0.25) is 0 Å². The van der Waals surface area contributed by atoms with Gasteiger partial charge in [-0.25, -0.2) is 8.42 Å². The molecule has 0 unspecified atom stereocenters. The molecule has 3 rings (SSSR count). The maximum Gasteiger partial charge on any atom is 0.252 e. The minimum absolute atomic E-state index is 0.0514. The molecule has 0 saturated carbocycles. The van der Waals surface area contributed by atoms with E-state index < -0.39 is 10.0 Å². The van der Waals surface area contributed by atoms with Crippen molar-refractivity contribution in [2.24, 2.45) is 0 Å². The summed E-state index contributed by atoms with van der Waals surface area (Å²) in [4.78, 5) is 0. The van der Waals surface area contributed by atoms with Crippen LogP contribution in [0.5, 0.6) is 5.75 Å². The number of rotatable bonds is 5. The molecular weight excluding hydrogens is 366 g/mol. The second-order valence-corrected chi connectivity index (χ2v) is 9.66. The van der Waals surface area contributed by atoms with Crippen LogP contribution in [0.2, 0.25) is 4.34 Å². The highest BCUT2D eigenvalue weighted by molar-refractivity contribution is 7.91. The second-order valence-electron chi connectivity index (χ2n) is 5.78. The fourth-order valence-corrected chi connectivity index (χ4v) is 5.89. The fourth-order valence-electron chi connectivity index (χ4n) is 2.79. The molecule has 0 spiro atoms. The van der Waals surface area contributed by atoms with Gasteiger partial charge in [0.05, 0.1) is 4.34 Å². The third kappa shape index (κ3) is 3.94. The van der Waals surface area contributed by atoms with Crippen LogP contribution in [0.4, 0.5) is 0 Å². The number of hydrogen-bond acceptors (Lipinski definition) is 4. The highest BCUT2D eigenvalue weighted by Crippen LogP contribution is 2.30. The molecule has 1 aliphatic heterocycles. The van der Waals surface area contributed by atoms with E-state index in [0.717, 1.165) is 23.5 Å². The Hall–Kier alpha value is -1.08. The van der Waals surface area contributed by atoms with E-state index in [1.165, 1.54) is 9.87 Å². The van der Waals surface area contributed by atoms with Gasteiger partial charge in [-0.3, -0.25) is 0 Å². The minimum Gasteiger partial charge on any atom is -0.490 e. The molecule has 2 heterocycles. The van der Waals surface area contributed by atoms with Crippen molar-refractivity contribution < 1.29 is 13.2 Å². The Bertz CT molecular complexity index is 796. The van der Waals surface area contributed by atoms with Crippen molar-refractivity contribution in [3.05, 3.63) is 46.3 Å². The number of thiophene rings is 1. The summed E-state index contributed by atoms with van der Waals surface area (Å²) in [5.41, 5.74) is 1.24. The Morgan fingerprint density at radius 2 is 2.00 bits per heavy atom. The van der Waals surface area contributed by atoms with Gasteiger partial charge in [-0.15, -0.1) is 11.3 Å². The van der Waals surface area contributed by atoms with Crippen molar-refractivity contribution in [2.75, 3.05) is 13.1 Å². The van der Waals surface area contributed by atoms with Crippen LogP contribution in [0.1, 0.15) is 25.3 Å². The molecule has 0 atom stereocenters. The van der Waals surface area contributed by atoms with E-state index in [1.807, 2.05) is 12.1 Å². The molecule has 0 aliphatic carbocycles. The van der Waals surface area contributed by atoms with E-state index in [2.05, 4.69) is 19.1 Å². The number of ether oxygens (including phenoxy) is 1. The smallest absolute Gasteiger partial charge is 0.252 e. The number of aryl methyl sites for hydroxylation is 1. The molecule has 2 aromatic rings. The summed E-state index contributed by atoms with van der Waals surface area (Å²) < 4.78 is 33.5. The zero-order chi connectivity index (χ0) is 17.2. The van der Waals surface area contributed by atoms with Crippen molar-refractivity contribution in [1.29, 1.82) is 0 Å². The van der Waals surface area contributed by atoms with E-state index in [4.69, 9.17) is 16.3 Å². The normalized spacial score (nSPS) is 17.1. The monoisotopic (exact) mass is 385 g/mol. The Labute approximate surface area is 152 Å². The molecule has 0 bridgehead atoms. The number of sulfonamides is 1. The minimum atomic E-state index is -3.44. The zero-order valence-electron chi connectivity index (χ0n) is 13.4. The van der Waals surface area contributed by atoms with Crippen molar-refractivity contribution in [3.63, 3.8) is 0 Å². The van der Waals surface area contributed by atoms with E-state index >= 15 is 0 Å². The maximum atomic E-state index is 12.6. The molecule has 130 valence electrons. The first kappa shape index (κ1) is 17.7. The van der Waals surface area contributed by atoms with Crippen LogP contribution >= 0.6 is 22.9 Å². The average Bonchev–Trinajstić information content (AvgIpc) is 3.03. The summed E-state index contributed by atoms with van der Waals surface area (Å²) in [7, 11) is -3.44. The van der Waals surface area contributed by atoms with Crippen molar-refractivity contribution >= 4 is 33.0 Å². The lowest BCUT2D eigenvalue weighted by atomic mass is 10.1. The number of hydrogen-bond donors (Lipinski definition) is 0. The first-order chi connectivity index (χ1) is 11.5. The first-order valence-corrected chi connectivity index (χ1v) is 10.6. The summed E-state index contributed by atoms with van der Waals surface area (Å²) in [5.74, 6) is 0.862. The van der Waals surface area contributed by atoms with Gasteiger partial charge in [0.25, 0.3) is 10.0 Å². The predicted molar refractivity (Wildman–Crippen MR) is 97.6 cm³/mol. The van der Waals surface area contributed by atoms with Gasteiger partial charge in [0, 0.05) is 13.1 Å². The Morgan fingerprint density at radius 1 is 1.25 bits per heavy atom. The lowest BCUT2D eigenvalue weighted by molar-refractivity contribution is 0.135. The fraction of sp³-hybridized carbons (Fsp3) is 0.412. The van der Waals surface area contributed by atoms with E-state index in [9.17, 15) is 8.42 Å². The summed E-state index contributed by atoms with van der Waals surface area (Å²) in [6.45, 7) is 3.05. The molecule has 0 N–H and O–H groups in total. The molecule has 1 saturated heterocycles. The molecule has 1 fully saturated rings. The highest BCUT2D eigenvalue weighted by Gasteiger charge is 2.31. The summed E-state index contributed by atoms with van der Waals surface area (Å²) >= 11 is 6.96. The van der Waals surface area contributed by atoms with Gasteiger partial charge in [-0.05, 0) is 49.1 Å². The maximum absolute atomic E-state index is 12.6. The third-order valence-electron chi connectivity index (χ3n) is 4.15. The van der Waals surface area contributed by atoms with E-state index in [-0.39, 0.29) is 6.10 Å². The molecule has 1 aromatic carbocycles. The molecule has 7 heteroatoms. The van der Waals surface area contributed by atoms with Crippen molar-refractivity contribution in [1.82, 2.24) is 4.31 Å². The summed E-state index contributed by atoms with van der Waals surface area (Å²) in [6, 6.07) is 11.3. The number of benzene rings is 1. The SMILES string of the molecule is CCc1cccc(OC2CCN(S(=O)(=O)c3ccc(Cl)s3)CC2)c1. The number of piperidine rings is 1. The molecular formula is C17H20ClNO3S2. The van der Waals surface area contributed by atoms with Gasteiger partial charge in [-0.2, -0.15) is 4.31 Å². The first-order valence-electron chi connectivity index (χ1n) is 8.00. The van der Waals surface area contributed by atoms with Crippen LogP contribution < -0.4 is 4.74 Å². The zero-order valence-corrected chi connectivity index (χ0v) is 15.8. The van der Waals surface area contributed by atoms with Gasteiger partial charge in [0.15, 0.2) is 0 Å². The van der Waals surface area contributed by atoms with E-state index in [0.29, 0.717) is 34.5 Å². The Morgan fingerprint density at radius 3 is 2.62 bits per heavy atom. The van der Waals surface area contributed by atoms with Crippen LogP contribution in [0, 0.1) is 0 Å². The van der Waals surface area contributed by atoms with Crippen LogP contribution in [0.3, 0.4) is 0 Å². The molecule has 0 radical (unpaired) electrons. The van der Waals surface area contributed by atoms with Crippen LogP contribution in [0.15, 0.2) is 40.6 Å². The van der Waals surface area contributed by atoms with Crippen LogP contribution in [-0.2, 0) is 16.4 Å². The average molecular weight is 386 g/mol. The lowest BCUT2D eigenvalue weighted by Gasteiger charge is -2.31. The lowest BCUT2D eigenvalue weighted by Crippen LogP contribution is -2.41. The molecule has 0 amide bonds. The van der Waals surface area contributed by atoms with Crippen molar-refractivity contribution in [3.8, 4) is 5.75 Å². The molecule has 4 nitrogen and oxygen atoms in total. The quantitative estimate of drug-likeness (QED) is 0.775. The Balaban J connectivity index is 1.61. The molecule has 1 aromatic heterocycles. The van der Waals surface area contributed by atoms with Crippen molar-refractivity contribution in [2.45, 2.75) is 36.5 Å². The molecule has 24 heavy (non-hydrogen) atoms. The van der Waals surface area contributed by atoms with Gasteiger partial charge in [-0.1, -0.05) is 30.7 Å². The number of nitrogens with zero attached hydrogens (tertiary/aromatic N) is 1. The molecule has 1 aliphatic rings. The summed E-state index contributed by atoms with van der Waals surface area (Å²) in [6.07, 6.45) is 2.40. The van der Waals surface area contributed by atoms with Gasteiger partial charge >= 0.3 is 0 Å². The second kappa shape index (κ2) is 7.44. The van der Waals surface area contributed by atoms with Crippen LogP contribution in [-0.4, -0.2) is 31.9 Å². The largest absolute Gasteiger partial charge is 0.490 e. The number of halogens is 1. The topological polar surface area (TPSA) is 46.6 Å². The summed E-state index contributed by atoms with van der Waals surface area (Å²) in [5, 5.41) is 0. The van der Waals surface area contributed by atoms with Gasteiger partial charge < -0.3 is 4.74 Å². The highest BCUT2D eigenvalue weighted by atomic mass is 35.5. The van der Waals surface area contributed by atoms with Crippen LogP contribution in [0.25, 0.3) is 0 Å². The van der Waals surface area contributed by atoms with E-state index in [1.54, 1.807) is 12.1 Å². The standard InChI is InChI=1S/C17H20ClNO3S2/c1-2-13-4-3-5-15(12-13)22-14-8-10-19(11-9-14)24(20,21)17-7-6-16(18)23-17/h3-7,12,14H,2,8-11H2,1H3. The Kier molecular flexibility index (Phi) is 5.49. The predicted octanol–water partition coefficient (Wildman–Crippen LogP) is 4.20. The van der Waals surface area contributed by atoms with Gasteiger partial charge in [0.1, 0.15) is 16.1 Å².